The molecule has 2 rings (SSSR count). The fraction of sp³-hybridized carbons (Fsp3) is 0.385. The van der Waals surface area contributed by atoms with Gasteiger partial charge in [0.1, 0.15) is 0 Å². The van der Waals surface area contributed by atoms with Crippen LogP contribution in [-0.4, -0.2) is 21.1 Å². The molecule has 20 heavy (non-hydrogen) atoms. The maximum atomic E-state index is 12.2. The second-order valence-corrected chi connectivity index (χ2v) is 4.45. The van der Waals surface area contributed by atoms with Gasteiger partial charge in [0.25, 0.3) is 11.2 Å². The number of alkyl halides is 1. The van der Waals surface area contributed by atoms with E-state index in [0.29, 0.717) is 36.7 Å². The molecule has 106 valence electrons. The molecule has 0 spiro atoms. The molecule has 0 aliphatic carbocycles. The predicted octanol–water partition coefficient (Wildman–Crippen LogP) is 2.44. The lowest BCUT2D eigenvalue weighted by molar-refractivity contribution is -0.384. The highest BCUT2D eigenvalue weighted by Gasteiger charge is 2.10. The molecule has 1 aromatic carbocycles. The van der Waals surface area contributed by atoms with Crippen LogP contribution in [-0.2, 0) is 6.54 Å². The third-order valence-electron chi connectivity index (χ3n) is 3.05. The highest BCUT2D eigenvalue weighted by molar-refractivity contribution is 5.79. The zero-order chi connectivity index (χ0) is 14.5. The van der Waals surface area contributed by atoms with Gasteiger partial charge in [-0.1, -0.05) is 0 Å². The topological polar surface area (TPSA) is 78.0 Å². The molecule has 0 amide bonds. The minimum atomic E-state index is -0.524. The van der Waals surface area contributed by atoms with Crippen molar-refractivity contribution in [3.8, 4) is 0 Å². The first-order chi connectivity index (χ1) is 9.63. The van der Waals surface area contributed by atoms with Crippen molar-refractivity contribution >= 4 is 16.6 Å². The van der Waals surface area contributed by atoms with Crippen molar-refractivity contribution in [3.05, 3.63) is 45.0 Å². The molecule has 0 radical (unpaired) electrons. The van der Waals surface area contributed by atoms with E-state index in [4.69, 9.17) is 0 Å². The number of aryl methyl sites for hydroxylation is 1. The Balaban J connectivity index is 2.27. The van der Waals surface area contributed by atoms with Gasteiger partial charge in [-0.25, -0.2) is 4.98 Å². The lowest BCUT2D eigenvalue weighted by atomic mass is 10.2. The normalized spacial score (nSPS) is 10.8. The third-order valence-corrected chi connectivity index (χ3v) is 3.05. The Morgan fingerprint density at radius 3 is 2.80 bits per heavy atom. The van der Waals surface area contributed by atoms with Gasteiger partial charge in [-0.05, 0) is 25.3 Å². The van der Waals surface area contributed by atoms with Crippen LogP contribution in [0.2, 0.25) is 0 Å². The number of aromatic nitrogens is 2. The van der Waals surface area contributed by atoms with Crippen LogP contribution < -0.4 is 5.56 Å². The number of nitro benzene ring substituents is 1. The number of benzene rings is 1. The quantitative estimate of drug-likeness (QED) is 0.462. The predicted molar refractivity (Wildman–Crippen MR) is 72.5 cm³/mol. The molecule has 0 aliphatic rings. The van der Waals surface area contributed by atoms with Gasteiger partial charge < -0.3 is 0 Å². The second kappa shape index (κ2) is 6.23. The van der Waals surface area contributed by atoms with Gasteiger partial charge >= 0.3 is 0 Å². The van der Waals surface area contributed by atoms with E-state index in [1.54, 1.807) is 0 Å². The Hall–Kier alpha value is -2.31. The van der Waals surface area contributed by atoms with E-state index in [1.165, 1.54) is 29.1 Å². The number of hydrogen-bond acceptors (Lipinski definition) is 4. The van der Waals surface area contributed by atoms with Gasteiger partial charge in [0.15, 0.2) is 0 Å². The van der Waals surface area contributed by atoms with Crippen LogP contribution in [0.25, 0.3) is 10.9 Å². The van der Waals surface area contributed by atoms with Crippen molar-refractivity contribution in [1.82, 2.24) is 9.55 Å². The Bertz CT molecular complexity index is 684. The van der Waals surface area contributed by atoms with E-state index in [0.717, 1.165) is 0 Å². The summed E-state index contributed by atoms with van der Waals surface area (Å²) in [5.41, 5.74) is -0.0144. The van der Waals surface area contributed by atoms with Gasteiger partial charge in [0.2, 0.25) is 0 Å². The van der Waals surface area contributed by atoms with Crippen LogP contribution in [0, 0.1) is 10.1 Å². The summed E-state index contributed by atoms with van der Waals surface area (Å²) < 4.78 is 13.4. The molecule has 1 aromatic heterocycles. The molecular weight excluding hydrogens is 265 g/mol. The number of halogens is 1. The van der Waals surface area contributed by atoms with Crippen LogP contribution in [0.3, 0.4) is 0 Å². The second-order valence-electron chi connectivity index (χ2n) is 4.45. The Labute approximate surface area is 114 Å². The summed E-state index contributed by atoms with van der Waals surface area (Å²) >= 11 is 0. The van der Waals surface area contributed by atoms with Gasteiger partial charge in [-0.15, -0.1) is 0 Å². The number of non-ortho nitro benzene ring substituents is 1. The maximum absolute atomic E-state index is 12.2. The standard InChI is InChI=1S/C13H14FN3O3/c14-6-2-1-3-7-16-9-15-12-8-10(17(19)20)4-5-11(12)13(16)18/h4-5,8-9H,1-3,6-7H2. The lowest BCUT2D eigenvalue weighted by Gasteiger charge is -2.06. The van der Waals surface area contributed by atoms with Gasteiger partial charge in [-0.3, -0.25) is 23.9 Å². The van der Waals surface area contributed by atoms with E-state index in [2.05, 4.69) is 4.98 Å². The van der Waals surface area contributed by atoms with Crippen molar-refractivity contribution in [3.63, 3.8) is 0 Å². The molecular formula is C13H14FN3O3. The Morgan fingerprint density at radius 1 is 1.30 bits per heavy atom. The molecule has 6 nitrogen and oxygen atoms in total. The SMILES string of the molecule is O=c1c2ccc([N+](=O)[O-])cc2ncn1CCCCCF. The number of hydrogen-bond donors (Lipinski definition) is 0. The minimum absolute atomic E-state index is 0.0925. The average molecular weight is 279 g/mol. The van der Waals surface area contributed by atoms with Crippen molar-refractivity contribution in [1.29, 1.82) is 0 Å². The van der Waals surface area contributed by atoms with Crippen molar-refractivity contribution in [2.24, 2.45) is 0 Å². The molecule has 0 saturated carbocycles. The molecule has 0 aliphatic heterocycles. The number of rotatable bonds is 6. The molecule has 1 heterocycles. The summed E-state index contributed by atoms with van der Waals surface area (Å²) in [6, 6.07) is 3.99. The number of fused-ring (bicyclic) bond motifs is 1. The molecule has 0 unspecified atom stereocenters. The Morgan fingerprint density at radius 2 is 2.10 bits per heavy atom. The summed E-state index contributed by atoms with van der Waals surface area (Å²) in [7, 11) is 0. The first-order valence-corrected chi connectivity index (χ1v) is 6.33. The van der Waals surface area contributed by atoms with E-state index in [1.807, 2.05) is 0 Å². The number of unbranched alkanes of at least 4 members (excludes halogenated alkanes) is 2. The fourth-order valence-corrected chi connectivity index (χ4v) is 1.97. The first-order valence-electron chi connectivity index (χ1n) is 6.33. The first kappa shape index (κ1) is 14.1. The largest absolute Gasteiger partial charge is 0.299 e. The van der Waals surface area contributed by atoms with Gasteiger partial charge in [0, 0.05) is 18.7 Å². The van der Waals surface area contributed by atoms with Gasteiger partial charge in [0.05, 0.1) is 28.8 Å². The highest BCUT2D eigenvalue weighted by atomic mass is 19.1. The number of nitro groups is 1. The fourth-order valence-electron chi connectivity index (χ4n) is 1.97. The zero-order valence-electron chi connectivity index (χ0n) is 10.8. The van der Waals surface area contributed by atoms with Crippen LogP contribution in [0.1, 0.15) is 19.3 Å². The van der Waals surface area contributed by atoms with Crippen molar-refractivity contribution < 1.29 is 9.31 Å². The smallest absolute Gasteiger partial charge is 0.271 e. The van der Waals surface area contributed by atoms with Crippen molar-refractivity contribution in [2.45, 2.75) is 25.8 Å². The van der Waals surface area contributed by atoms with Crippen molar-refractivity contribution in [2.75, 3.05) is 6.67 Å². The molecule has 2 aromatic rings. The number of nitrogens with zero attached hydrogens (tertiary/aromatic N) is 3. The van der Waals surface area contributed by atoms with E-state index < -0.39 is 4.92 Å². The molecule has 0 bridgehead atoms. The molecule has 0 fully saturated rings. The monoisotopic (exact) mass is 279 g/mol. The van der Waals surface area contributed by atoms with E-state index >= 15 is 0 Å². The van der Waals surface area contributed by atoms with Crippen LogP contribution in [0.15, 0.2) is 29.3 Å². The van der Waals surface area contributed by atoms with Crippen LogP contribution >= 0.6 is 0 Å². The molecule has 7 heteroatoms. The summed E-state index contributed by atoms with van der Waals surface area (Å²) in [6.45, 7) is 0.118. The Kier molecular flexibility index (Phi) is 4.39. The van der Waals surface area contributed by atoms with Crippen LogP contribution in [0.5, 0.6) is 0 Å². The zero-order valence-corrected chi connectivity index (χ0v) is 10.8. The lowest BCUT2D eigenvalue weighted by Crippen LogP contribution is -2.20. The summed E-state index contributed by atoms with van der Waals surface area (Å²) in [4.78, 5) is 26.4. The van der Waals surface area contributed by atoms with Gasteiger partial charge in [-0.2, -0.15) is 0 Å². The molecule has 0 atom stereocenters. The average Bonchev–Trinajstić information content (AvgIpc) is 2.45. The third kappa shape index (κ3) is 2.98. The summed E-state index contributed by atoms with van der Waals surface area (Å²) in [5.74, 6) is 0. The van der Waals surface area contributed by atoms with E-state index in [-0.39, 0.29) is 17.9 Å². The molecule has 0 saturated heterocycles. The molecule has 0 N–H and O–H groups in total. The minimum Gasteiger partial charge on any atom is -0.299 e. The van der Waals surface area contributed by atoms with Crippen LogP contribution in [0.4, 0.5) is 10.1 Å². The highest BCUT2D eigenvalue weighted by Crippen LogP contribution is 2.16. The van der Waals surface area contributed by atoms with E-state index in [9.17, 15) is 19.3 Å². The summed E-state index contributed by atoms with van der Waals surface area (Å²) in [5, 5.41) is 11.0. The maximum Gasteiger partial charge on any atom is 0.271 e. The summed E-state index contributed by atoms with van der Waals surface area (Å²) in [6.07, 6.45) is 3.27.